The molecule has 2 amide bonds. The first-order valence-corrected chi connectivity index (χ1v) is 11.5. The molecule has 2 saturated heterocycles. The molecule has 2 aliphatic heterocycles. The average Bonchev–Trinajstić information content (AvgIpc) is 3.07. The molecule has 30 heavy (non-hydrogen) atoms. The number of piperidine rings is 1. The number of likely N-dealkylation sites (tertiary alicyclic amines) is 1. The van der Waals surface area contributed by atoms with Gasteiger partial charge in [-0.3, -0.25) is 9.69 Å². The van der Waals surface area contributed by atoms with Crippen LogP contribution < -0.4 is 10.2 Å². The van der Waals surface area contributed by atoms with Gasteiger partial charge in [0.1, 0.15) is 5.60 Å². The SMILES string of the molecule is CC(C)(C)OC(=O)NCC1CCN([C@H]2CCN(c3ccc(S(=O)O)cc3)C2=O)CC1. The Kier molecular flexibility index (Phi) is 7.15. The molecule has 2 heterocycles. The highest BCUT2D eigenvalue weighted by Gasteiger charge is 2.38. The number of benzene rings is 1. The van der Waals surface area contributed by atoms with Gasteiger partial charge in [-0.2, -0.15) is 0 Å². The van der Waals surface area contributed by atoms with E-state index in [1.54, 1.807) is 29.2 Å². The Morgan fingerprint density at radius 3 is 2.37 bits per heavy atom. The summed E-state index contributed by atoms with van der Waals surface area (Å²) in [7, 11) is 0. The minimum absolute atomic E-state index is 0.0817. The number of carbonyl (C=O) groups excluding carboxylic acids is 2. The number of anilines is 1. The molecule has 8 nitrogen and oxygen atoms in total. The molecule has 2 N–H and O–H groups in total. The molecule has 1 aromatic rings. The predicted molar refractivity (Wildman–Crippen MR) is 115 cm³/mol. The summed E-state index contributed by atoms with van der Waals surface area (Å²) in [4.78, 5) is 29.1. The molecule has 3 rings (SSSR count). The minimum atomic E-state index is -2.02. The van der Waals surface area contributed by atoms with E-state index in [9.17, 15) is 13.8 Å². The van der Waals surface area contributed by atoms with Gasteiger partial charge < -0.3 is 19.5 Å². The summed E-state index contributed by atoms with van der Waals surface area (Å²) in [6.45, 7) is 8.41. The van der Waals surface area contributed by atoms with Gasteiger partial charge in [0.05, 0.1) is 10.9 Å². The van der Waals surface area contributed by atoms with E-state index >= 15 is 0 Å². The van der Waals surface area contributed by atoms with Crippen molar-refractivity contribution in [3.8, 4) is 0 Å². The topological polar surface area (TPSA) is 99.2 Å². The number of hydrogen-bond acceptors (Lipinski definition) is 5. The number of hydrogen-bond donors (Lipinski definition) is 2. The van der Waals surface area contributed by atoms with Crippen molar-refractivity contribution >= 4 is 28.8 Å². The van der Waals surface area contributed by atoms with E-state index < -0.39 is 16.7 Å². The van der Waals surface area contributed by atoms with Crippen LogP contribution in [0.5, 0.6) is 0 Å². The normalized spacial score (nSPS) is 22.2. The van der Waals surface area contributed by atoms with Gasteiger partial charge in [-0.15, -0.1) is 0 Å². The fraction of sp³-hybridized carbons (Fsp3) is 0.619. The quantitative estimate of drug-likeness (QED) is 0.687. The molecule has 0 aliphatic carbocycles. The summed E-state index contributed by atoms with van der Waals surface area (Å²) in [6.07, 6.45) is 2.24. The molecule has 1 unspecified atom stereocenters. The predicted octanol–water partition coefficient (Wildman–Crippen LogP) is 2.61. The Bertz CT molecular complexity index is 785. The van der Waals surface area contributed by atoms with E-state index in [0.29, 0.717) is 23.9 Å². The van der Waals surface area contributed by atoms with E-state index in [2.05, 4.69) is 10.2 Å². The lowest BCUT2D eigenvalue weighted by Gasteiger charge is -2.35. The highest BCUT2D eigenvalue weighted by Crippen LogP contribution is 2.28. The molecule has 2 atom stereocenters. The summed E-state index contributed by atoms with van der Waals surface area (Å²) < 4.78 is 25.5. The molecule has 2 fully saturated rings. The Hall–Kier alpha value is -1.97. The van der Waals surface area contributed by atoms with Crippen molar-refractivity contribution in [2.75, 3.05) is 31.1 Å². The van der Waals surface area contributed by atoms with Crippen LogP contribution in [-0.4, -0.2) is 63.5 Å². The van der Waals surface area contributed by atoms with Crippen LogP contribution in [0.4, 0.5) is 10.5 Å². The zero-order chi connectivity index (χ0) is 21.9. The second-order valence-corrected chi connectivity index (χ2v) is 9.87. The van der Waals surface area contributed by atoms with Gasteiger partial charge in [0.2, 0.25) is 5.91 Å². The number of rotatable bonds is 5. The molecule has 0 radical (unpaired) electrons. The number of amides is 2. The zero-order valence-corrected chi connectivity index (χ0v) is 18.6. The third-order valence-electron chi connectivity index (χ3n) is 5.55. The van der Waals surface area contributed by atoms with Crippen molar-refractivity contribution in [3.63, 3.8) is 0 Å². The Morgan fingerprint density at radius 1 is 1.17 bits per heavy atom. The van der Waals surface area contributed by atoms with E-state index in [-0.39, 0.29) is 18.0 Å². The molecule has 9 heteroatoms. The smallest absolute Gasteiger partial charge is 0.407 e. The molecular formula is C21H31N3O5S. The molecule has 0 aromatic heterocycles. The number of nitrogens with one attached hydrogen (secondary N) is 1. The fourth-order valence-corrected chi connectivity index (χ4v) is 4.38. The lowest BCUT2D eigenvalue weighted by atomic mass is 9.95. The minimum Gasteiger partial charge on any atom is -0.444 e. The van der Waals surface area contributed by atoms with Gasteiger partial charge in [0.25, 0.3) is 0 Å². The zero-order valence-electron chi connectivity index (χ0n) is 17.8. The Morgan fingerprint density at radius 2 is 1.80 bits per heavy atom. The number of alkyl carbamates (subject to hydrolysis) is 1. The van der Waals surface area contributed by atoms with E-state index in [0.717, 1.165) is 38.0 Å². The maximum absolute atomic E-state index is 13.0. The lowest BCUT2D eigenvalue weighted by Crippen LogP contribution is -2.47. The first-order valence-electron chi connectivity index (χ1n) is 10.4. The largest absolute Gasteiger partial charge is 0.444 e. The van der Waals surface area contributed by atoms with Crippen molar-refractivity contribution < 1.29 is 23.1 Å². The second-order valence-electron chi connectivity index (χ2n) is 8.90. The standard InChI is InChI=1S/C21H31N3O5S/c1-21(2,3)29-20(26)22-14-15-8-11-23(12-9-15)18-10-13-24(19(18)25)16-4-6-17(7-5-16)30(27)28/h4-7,15,18H,8-14H2,1-3H3,(H,22,26)(H,27,28)/t18-/m0/s1. The summed E-state index contributed by atoms with van der Waals surface area (Å²) in [6, 6.07) is 6.47. The van der Waals surface area contributed by atoms with Gasteiger partial charge in [0, 0.05) is 18.8 Å². The summed E-state index contributed by atoms with van der Waals surface area (Å²) >= 11 is -2.02. The van der Waals surface area contributed by atoms with Crippen molar-refractivity contribution in [1.82, 2.24) is 10.2 Å². The van der Waals surface area contributed by atoms with E-state index in [1.807, 2.05) is 20.8 Å². The molecule has 1 aromatic carbocycles. The van der Waals surface area contributed by atoms with Gasteiger partial charge in [0.15, 0.2) is 11.1 Å². The van der Waals surface area contributed by atoms with Crippen LogP contribution in [0, 0.1) is 5.92 Å². The van der Waals surface area contributed by atoms with E-state index in [1.165, 1.54) is 0 Å². The summed E-state index contributed by atoms with van der Waals surface area (Å²) in [5, 5.41) is 2.85. The molecule has 0 spiro atoms. The first-order chi connectivity index (χ1) is 14.1. The average molecular weight is 438 g/mol. The van der Waals surface area contributed by atoms with Crippen LogP contribution in [0.25, 0.3) is 0 Å². The number of nitrogens with zero attached hydrogens (tertiary/aromatic N) is 2. The van der Waals surface area contributed by atoms with Crippen molar-refractivity contribution in [1.29, 1.82) is 0 Å². The summed E-state index contributed by atoms with van der Waals surface area (Å²) in [5.41, 5.74) is 0.255. The number of ether oxygens (including phenoxy) is 1. The van der Waals surface area contributed by atoms with Crippen LogP contribution in [0.1, 0.15) is 40.0 Å². The maximum atomic E-state index is 13.0. The van der Waals surface area contributed by atoms with Crippen molar-refractivity contribution in [3.05, 3.63) is 24.3 Å². The molecule has 2 aliphatic rings. The Balaban J connectivity index is 1.47. The van der Waals surface area contributed by atoms with Gasteiger partial charge in [-0.25, -0.2) is 9.00 Å². The van der Waals surface area contributed by atoms with E-state index in [4.69, 9.17) is 9.29 Å². The number of carbonyl (C=O) groups is 2. The van der Waals surface area contributed by atoms with Crippen LogP contribution in [0.3, 0.4) is 0 Å². The third kappa shape index (κ3) is 5.80. The van der Waals surface area contributed by atoms with Gasteiger partial charge in [-0.1, -0.05) is 0 Å². The Labute approximate surface area is 180 Å². The van der Waals surface area contributed by atoms with Crippen LogP contribution in [0.15, 0.2) is 29.2 Å². The molecule has 166 valence electrons. The summed E-state index contributed by atoms with van der Waals surface area (Å²) in [5.74, 6) is 0.464. The van der Waals surface area contributed by atoms with Crippen molar-refractivity contribution in [2.45, 2.75) is 56.6 Å². The van der Waals surface area contributed by atoms with Crippen LogP contribution in [0.2, 0.25) is 0 Å². The van der Waals surface area contributed by atoms with Crippen molar-refractivity contribution in [2.24, 2.45) is 5.92 Å². The highest BCUT2D eigenvalue weighted by molar-refractivity contribution is 7.79. The lowest BCUT2D eigenvalue weighted by molar-refractivity contribution is -0.122. The van der Waals surface area contributed by atoms with Gasteiger partial charge in [-0.05, 0) is 83.3 Å². The second kappa shape index (κ2) is 9.45. The molecule has 0 saturated carbocycles. The third-order valence-corrected chi connectivity index (χ3v) is 6.23. The van der Waals surface area contributed by atoms with Crippen LogP contribution >= 0.6 is 0 Å². The fourth-order valence-electron chi connectivity index (χ4n) is 4.01. The highest BCUT2D eigenvalue weighted by atomic mass is 32.2. The van der Waals surface area contributed by atoms with Crippen LogP contribution in [-0.2, 0) is 20.6 Å². The maximum Gasteiger partial charge on any atom is 0.407 e. The first kappa shape index (κ1) is 22.7. The monoisotopic (exact) mass is 437 g/mol. The molecular weight excluding hydrogens is 406 g/mol. The van der Waals surface area contributed by atoms with Gasteiger partial charge >= 0.3 is 6.09 Å². The molecule has 0 bridgehead atoms.